The van der Waals surface area contributed by atoms with Crippen LogP contribution in [0.4, 0.5) is 5.69 Å². The molecular weight excluding hydrogens is 236 g/mol. The van der Waals surface area contributed by atoms with Crippen LogP contribution in [0.25, 0.3) is 0 Å². The molecule has 0 spiro atoms. The van der Waals surface area contributed by atoms with E-state index in [1.165, 1.54) is 24.8 Å². The number of fused-ring (bicyclic) bond motifs is 1. The van der Waals surface area contributed by atoms with Gasteiger partial charge < -0.3 is 10.2 Å². The van der Waals surface area contributed by atoms with Gasteiger partial charge in [0.05, 0.1) is 6.04 Å². The molecule has 1 amide bonds. The first-order valence-corrected chi connectivity index (χ1v) is 7.49. The van der Waals surface area contributed by atoms with E-state index in [-0.39, 0.29) is 11.9 Å². The topological polar surface area (TPSA) is 32.3 Å². The van der Waals surface area contributed by atoms with E-state index in [0.29, 0.717) is 0 Å². The van der Waals surface area contributed by atoms with Crippen LogP contribution >= 0.6 is 0 Å². The molecule has 1 aromatic carbocycles. The molecule has 2 aliphatic heterocycles. The van der Waals surface area contributed by atoms with Crippen molar-refractivity contribution in [3.05, 3.63) is 29.8 Å². The molecule has 0 aliphatic carbocycles. The van der Waals surface area contributed by atoms with Gasteiger partial charge in [-0.05, 0) is 43.9 Å². The monoisotopic (exact) mass is 258 g/mol. The number of hydrogen-bond acceptors (Lipinski definition) is 2. The maximum atomic E-state index is 12.7. The van der Waals surface area contributed by atoms with Crippen LogP contribution < -0.4 is 10.2 Å². The first-order chi connectivity index (χ1) is 9.36. The van der Waals surface area contributed by atoms with E-state index in [1.807, 2.05) is 11.0 Å². The predicted molar refractivity (Wildman–Crippen MR) is 77.4 cm³/mol. The van der Waals surface area contributed by atoms with E-state index >= 15 is 0 Å². The van der Waals surface area contributed by atoms with Crippen LogP contribution in [0.15, 0.2) is 24.3 Å². The Morgan fingerprint density at radius 3 is 3.00 bits per heavy atom. The summed E-state index contributed by atoms with van der Waals surface area (Å²) in [6.07, 6.45) is 6.76. The number of anilines is 1. The Morgan fingerprint density at radius 1 is 1.16 bits per heavy atom. The van der Waals surface area contributed by atoms with Crippen molar-refractivity contribution in [3.63, 3.8) is 0 Å². The molecule has 0 saturated carbocycles. The number of benzene rings is 1. The number of nitrogens with one attached hydrogen (secondary N) is 1. The molecule has 3 rings (SSSR count). The fourth-order valence-corrected chi connectivity index (χ4v) is 3.19. The largest absolute Gasteiger partial charge is 0.311 e. The third-order valence-corrected chi connectivity index (χ3v) is 4.23. The van der Waals surface area contributed by atoms with E-state index < -0.39 is 0 Å². The lowest BCUT2D eigenvalue weighted by molar-refractivity contribution is -0.120. The molecule has 1 saturated heterocycles. The molecule has 1 atom stereocenters. The van der Waals surface area contributed by atoms with Gasteiger partial charge in [0.25, 0.3) is 0 Å². The Kier molecular flexibility index (Phi) is 3.83. The Bertz CT molecular complexity index is 450. The Labute approximate surface area is 115 Å². The Morgan fingerprint density at radius 2 is 2.05 bits per heavy atom. The van der Waals surface area contributed by atoms with Crippen molar-refractivity contribution in [2.45, 2.75) is 44.6 Å². The highest BCUT2D eigenvalue weighted by Gasteiger charge is 2.28. The second-order valence-electron chi connectivity index (χ2n) is 5.58. The standard InChI is InChI=1S/C16H22N2O/c19-16(14-9-2-1-5-11-17-14)18-12-6-8-13-7-3-4-10-15(13)18/h3-4,7,10,14,17H,1-2,5-6,8-9,11-12H2. The highest BCUT2D eigenvalue weighted by Crippen LogP contribution is 2.27. The number of nitrogens with zero attached hydrogens (tertiary/aromatic N) is 1. The molecule has 19 heavy (non-hydrogen) atoms. The summed E-state index contributed by atoms with van der Waals surface area (Å²) in [4.78, 5) is 14.7. The highest BCUT2D eigenvalue weighted by molar-refractivity contribution is 5.98. The number of carbonyl (C=O) groups excluding carboxylic acids is 1. The maximum Gasteiger partial charge on any atom is 0.244 e. The molecular formula is C16H22N2O. The van der Waals surface area contributed by atoms with Crippen LogP contribution in [0, 0.1) is 0 Å². The van der Waals surface area contributed by atoms with Gasteiger partial charge in [-0.25, -0.2) is 0 Å². The second-order valence-corrected chi connectivity index (χ2v) is 5.58. The van der Waals surface area contributed by atoms with Gasteiger partial charge in [0, 0.05) is 12.2 Å². The lowest BCUT2D eigenvalue weighted by Crippen LogP contribution is -2.48. The zero-order valence-corrected chi connectivity index (χ0v) is 11.4. The summed E-state index contributed by atoms with van der Waals surface area (Å²) in [5.74, 6) is 0.272. The van der Waals surface area contributed by atoms with E-state index in [0.717, 1.165) is 38.0 Å². The van der Waals surface area contributed by atoms with Crippen molar-refractivity contribution in [1.82, 2.24) is 5.32 Å². The third-order valence-electron chi connectivity index (χ3n) is 4.23. The van der Waals surface area contributed by atoms with Crippen LogP contribution in [-0.2, 0) is 11.2 Å². The predicted octanol–water partition coefficient (Wildman–Crippen LogP) is 2.50. The summed E-state index contributed by atoms with van der Waals surface area (Å²) in [6.45, 7) is 1.85. The molecule has 3 nitrogen and oxygen atoms in total. The number of para-hydroxylation sites is 1. The van der Waals surface area contributed by atoms with E-state index in [1.54, 1.807) is 0 Å². The van der Waals surface area contributed by atoms with Crippen LogP contribution in [0.5, 0.6) is 0 Å². The van der Waals surface area contributed by atoms with E-state index in [9.17, 15) is 4.79 Å². The lowest BCUT2D eigenvalue weighted by Gasteiger charge is -2.32. The van der Waals surface area contributed by atoms with Gasteiger partial charge in [0.1, 0.15) is 0 Å². The molecule has 0 radical (unpaired) electrons. The molecule has 2 aliphatic rings. The van der Waals surface area contributed by atoms with Crippen LogP contribution in [0.3, 0.4) is 0 Å². The van der Waals surface area contributed by atoms with Crippen molar-refractivity contribution in [2.75, 3.05) is 18.0 Å². The summed E-state index contributed by atoms with van der Waals surface area (Å²) in [5, 5.41) is 3.42. The number of aryl methyl sites for hydroxylation is 1. The molecule has 102 valence electrons. The van der Waals surface area contributed by atoms with Gasteiger partial charge in [-0.15, -0.1) is 0 Å². The highest BCUT2D eigenvalue weighted by atomic mass is 16.2. The van der Waals surface area contributed by atoms with Crippen molar-refractivity contribution in [1.29, 1.82) is 0 Å². The zero-order chi connectivity index (χ0) is 13.1. The lowest BCUT2D eigenvalue weighted by atomic mass is 10.00. The molecule has 1 unspecified atom stereocenters. The average molecular weight is 258 g/mol. The van der Waals surface area contributed by atoms with E-state index in [2.05, 4.69) is 23.5 Å². The van der Waals surface area contributed by atoms with Crippen molar-refractivity contribution in [2.24, 2.45) is 0 Å². The fraction of sp³-hybridized carbons (Fsp3) is 0.562. The summed E-state index contributed by atoms with van der Waals surface area (Å²) in [6, 6.07) is 8.36. The van der Waals surface area contributed by atoms with Crippen molar-refractivity contribution < 1.29 is 4.79 Å². The maximum absolute atomic E-state index is 12.7. The molecule has 1 fully saturated rings. The minimum atomic E-state index is 0.0219. The number of rotatable bonds is 1. The number of carbonyl (C=O) groups is 1. The van der Waals surface area contributed by atoms with Crippen molar-refractivity contribution in [3.8, 4) is 0 Å². The van der Waals surface area contributed by atoms with E-state index in [4.69, 9.17) is 0 Å². The second kappa shape index (κ2) is 5.74. The molecule has 0 bridgehead atoms. The SMILES string of the molecule is O=C(C1CCCCCN1)N1CCCc2ccccc21. The molecule has 1 aromatic rings. The quantitative estimate of drug-likeness (QED) is 0.839. The summed E-state index contributed by atoms with van der Waals surface area (Å²) in [7, 11) is 0. The number of amides is 1. The molecule has 0 aromatic heterocycles. The van der Waals surface area contributed by atoms with Crippen LogP contribution in [0.2, 0.25) is 0 Å². The van der Waals surface area contributed by atoms with Crippen LogP contribution in [-0.4, -0.2) is 25.0 Å². The normalized spacial score (nSPS) is 23.6. The summed E-state index contributed by atoms with van der Waals surface area (Å²) >= 11 is 0. The minimum Gasteiger partial charge on any atom is -0.311 e. The minimum absolute atomic E-state index is 0.0219. The van der Waals surface area contributed by atoms with Gasteiger partial charge in [-0.1, -0.05) is 31.0 Å². The van der Waals surface area contributed by atoms with Gasteiger partial charge >= 0.3 is 0 Å². The van der Waals surface area contributed by atoms with Gasteiger partial charge in [-0.2, -0.15) is 0 Å². The van der Waals surface area contributed by atoms with Gasteiger partial charge in [0.2, 0.25) is 5.91 Å². The fourth-order valence-electron chi connectivity index (χ4n) is 3.19. The zero-order valence-electron chi connectivity index (χ0n) is 11.4. The van der Waals surface area contributed by atoms with Crippen LogP contribution in [0.1, 0.15) is 37.7 Å². The smallest absolute Gasteiger partial charge is 0.244 e. The van der Waals surface area contributed by atoms with Gasteiger partial charge in [0.15, 0.2) is 0 Å². The molecule has 1 N–H and O–H groups in total. The molecule has 3 heteroatoms. The Balaban J connectivity index is 1.80. The number of hydrogen-bond donors (Lipinski definition) is 1. The summed E-state index contributed by atoms with van der Waals surface area (Å²) in [5.41, 5.74) is 2.44. The average Bonchev–Trinajstić information content (AvgIpc) is 2.75. The van der Waals surface area contributed by atoms with Crippen molar-refractivity contribution >= 4 is 11.6 Å². The van der Waals surface area contributed by atoms with Gasteiger partial charge in [-0.3, -0.25) is 4.79 Å². The first kappa shape index (κ1) is 12.7. The summed E-state index contributed by atoms with van der Waals surface area (Å²) < 4.78 is 0. The Hall–Kier alpha value is -1.35. The first-order valence-electron chi connectivity index (χ1n) is 7.49. The molecule has 2 heterocycles. The third kappa shape index (κ3) is 2.66.